The first-order valence-electron chi connectivity index (χ1n) is 6.08. The lowest BCUT2D eigenvalue weighted by Gasteiger charge is -2.17. The molecular formula is C12H21N3O3. The predicted octanol–water partition coefficient (Wildman–Crippen LogP) is -0.480. The van der Waals surface area contributed by atoms with Gasteiger partial charge in [-0.25, -0.2) is 4.79 Å². The third-order valence-corrected chi connectivity index (χ3v) is 2.69. The molecule has 0 aliphatic heterocycles. The SMILES string of the molecule is CC(C)(O)CCn1ccc(=O)n(CCCN)c1=O. The van der Waals surface area contributed by atoms with Crippen LogP contribution in [0.1, 0.15) is 26.7 Å². The van der Waals surface area contributed by atoms with E-state index in [1.807, 2.05) is 0 Å². The summed E-state index contributed by atoms with van der Waals surface area (Å²) in [5, 5.41) is 9.63. The normalized spacial score (nSPS) is 11.8. The average Bonchev–Trinajstić information content (AvgIpc) is 2.26. The molecule has 0 saturated carbocycles. The molecule has 0 radical (unpaired) electrons. The number of hydrogen-bond acceptors (Lipinski definition) is 4. The van der Waals surface area contributed by atoms with Gasteiger partial charge in [-0.3, -0.25) is 9.36 Å². The van der Waals surface area contributed by atoms with Crippen LogP contribution in [0.25, 0.3) is 0 Å². The summed E-state index contributed by atoms with van der Waals surface area (Å²) in [5.41, 5.74) is 3.88. The zero-order valence-electron chi connectivity index (χ0n) is 10.9. The molecule has 1 aromatic heterocycles. The van der Waals surface area contributed by atoms with Gasteiger partial charge in [0.1, 0.15) is 0 Å². The predicted molar refractivity (Wildman–Crippen MR) is 69.5 cm³/mol. The summed E-state index contributed by atoms with van der Waals surface area (Å²) in [6.45, 7) is 4.51. The van der Waals surface area contributed by atoms with Crippen LogP contribution in [-0.2, 0) is 13.1 Å². The van der Waals surface area contributed by atoms with Crippen molar-refractivity contribution in [3.8, 4) is 0 Å². The molecular weight excluding hydrogens is 234 g/mol. The summed E-state index contributed by atoms with van der Waals surface area (Å²) < 4.78 is 2.62. The first-order valence-corrected chi connectivity index (χ1v) is 6.08. The van der Waals surface area contributed by atoms with Gasteiger partial charge in [0.05, 0.1) is 5.60 Å². The minimum atomic E-state index is -0.836. The van der Waals surface area contributed by atoms with Gasteiger partial charge >= 0.3 is 5.69 Å². The molecule has 18 heavy (non-hydrogen) atoms. The van der Waals surface area contributed by atoms with Crippen LogP contribution < -0.4 is 17.0 Å². The van der Waals surface area contributed by atoms with Crippen molar-refractivity contribution in [2.24, 2.45) is 5.73 Å². The van der Waals surface area contributed by atoms with Gasteiger partial charge in [-0.1, -0.05) is 0 Å². The smallest absolute Gasteiger partial charge is 0.330 e. The minimum absolute atomic E-state index is 0.312. The first-order chi connectivity index (χ1) is 8.35. The van der Waals surface area contributed by atoms with Crippen molar-refractivity contribution < 1.29 is 5.11 Å². The standard InChI is InChI=1S/C12H21N3O3/c1-12(2,18)5-9-14-8-4-10(16)15(11(14)17)7-3-6-13/h4,8,18H,3,5-7,9,13H2,1-2H3. The molecule has 0 amide bonds. The van der Waals surface area contributed by atoms with Gasteiger partial charge in [-0.2, -0.15) is 0 Å². The maximum atomic E-state index is 12.0. The van der Waals surface area contributed by atoms with Crippen LogP contribution in [0.3, 0.4) is 0 Å². The van der Waals surface area contributed by atoms with Crippen LogP contribution in [0, 0.1) is 0 Å². The Labute approximate surface area is 106 Å². The van der Waals surface area contributed by atoms with E-state index in [0.717, 1.165) is 0 Å². The van der Waals surface area contributed by atoms with Crippen molar-refractivity contribution in [1.82, 2.24) is 9.13 Å². The first kappa shape index (κ1) is 14.7. The van der Waals surface area contributed by atoms with Gasteiger partial charge in [0.2, 0.25) is 0 Å². The Bertz CT molecular complexity index is 497. The van der Waals surface area contributed by atoms with Gasteiger partial charge in [0.25, 0.3) is 5.56 Å². The summed E-state index contributed by atoms with van der Waals surface area (Å²) in [4.78, 5) is 23.6. The van der Waals surface area contributed by atoms with Gasteiger partial charge in [-0.15, -0.1) is 0 Å². The third kappa shape index (κ3) is 4.12. The van der Waals surface area contributed by atoms with Crippen LogP contribution in [0.2, 0.25) is 0 Å². The lowest BCUT2D eigenvalue weighted by atomic mass is 10.1. The van der Waals surface area contributed by atoms with Crippen LogP contribution in [0.5, 0.6) is 0 Å². The topological polar surface area (TPSA) is 90.2 Å². The van der Waals surface area contributed by atoms with E-state index in [4.69, 9.17) is 5.73 Å². The molecule has 0 aliphatic carbocycles. The van der Waals surface area contributed by atoms with Crippen LogP contribution in [-0.4, -0.2) is 26.4 Å². The van der Waals surface area contributed by atoms with E-state index in [0.29, 0.717) is 32.5 Å². The Kier molecular flexibility index (Phi) is 4.86. The number of aryl methyl sites for hydroxylation is 1. The molecule has 6 nitrogen and oxygen atoms in total. The Morgan fingerprint density at radius 3 is 2.56 bits per heavy atom. The molecule has 1 aromatic rings. The maximum Gasteiger partial charge on any atom is 0.330 e. The molecule has 0 bridgehead atoms. The number of rotatable bonds is 6. The average molecular weight is 255 g/mol. The fraction of sp³-hybridized carbons (Fsp3) is 0.667. The molecule has 1 rings (SSSR count). The highest BCUT2D eigenvalue weighted by molar-refractivity contribution is 4.87. The van der Waals surface area contributed by atoms with Crippen molar-refractivity contribution in [3.05, 3.63) is 33.1 Å². The van der Waals surface area contributed by atoms with Crippen LogP contribution in [0.15, 0.2) is 21.9 Å². The summed E-state index contributed by atoms with van der Waals surface area (Å²) in [5.74, 6) is 0. The van der Waals surface area contributed by atoms with E-state index in [1.54, 1.807) is 13.8 Å². The fourth-order valence-corrected chi connectivity index (χ4v) is 1.58. The Morgan fingerprint density at radius 1 is 1.33 bits per heavy atom. The fourth-order valence-electron chi connectivity index (χ4n) is 1.58. The van der Waals surface area contributed by atoms with Crippen LogP contribution >= 0.6 is 0 Å². The van der Waals surface area contributed by atoms with E-state index in [-0.39, 0.29) is 11.2 Å². The minimum Gasteiger partial charge on any atom is -0.390 e. The molecule has 1 heterocycles. The number of aromatic nitrogens is 2. The highest BCUT2D eigenvalue weighted by Crippen LogP contribution is 2.07. The lowest BCUT2D eigenvalue weighted by molar-refractivity contribution is 0.0656. The molecule has 3 N–H and O–H groups in total. The summed E-state index contributed by atoms with van der Waals surface area (Å²) in [6.07, 6.45) is 2.50. The molecule has 0 aromatic carbocycles. The summed E-state index contributed by atoms with van der Waals surface area (Å²) >= 11 is 0. The molecule has 0 saturated heterocycles. The zero-order chi connectivity index (χ0) is 13.8. The second-order valence-corrected chi connectivity index (χ2v) is 4.99. The van der Waals surface area contributed by atoms with Crippen molar-refractivity contribution in [2.45, 2.75) is 45.4 Å². The van der Waals surface area contributed by atoms with Crippen LogP contribution in [0.4, 0.5) is 0 Å². The van der Waals surface area contributed by atoms with E-state index in [2.05, 4.69) is 0 Å². The second-order valence-electron chi connectivity index (χ2n) is 4.99. The van der Waals surface area contributed by atoms with Crippen molar-refractivity contribution in [1.29, 1.82) is 0 Å². The number of nitrogens with two attached hydrogens (primary N) is 1. The monoisotopic (exact) mass is 255 g/mol. The maximum absolute atomic E-state index is 12.0. The van der Waals surface area contributed by atoms with Gasteiger partial charge in [0.15, 0.2) is 0 Å². The van der Waals surface area contributed by atoms with Gasteiger partial charge < -0.3 is 15.4 Å². The molecule has 6 heteroatoms. The van der Waals surface area contributed by atoms with E-state index >= 15 is 0 Å². The Hall–Kier alpha value is -1.40. The quantitative estimate of drug-likeness (QED) is 0.718. The number of aliphatic hydroxyl groups is 1. The molecule has 0 unspecified atom stereocenters. The van der Waals surface area contributed by atoms with Crippen molar-refractivity contribution >= 4 is 0 Å². The van der Waals surface area contributed by atoms with Gasteiger partial charge in [-0.05, 0) is 33.2 Å². The molecule has 102 valence electrons. The summed E-state index contributed by atoms with van der Waals surface area (Å²) in [7, 11) is 0. The number of nitrogens with zero attached hydrogens (tertiary/aromatic N) is 2. The van der Waals surface area contributed by atoms with E-state index in [1.165, 1.54) is 21.4 Å². The summed E-state index contributed by atoms with van der Waals surface area (Å²) in [6, 6.07) is 1.36. The molecule has 0 spiro atoms. The highest BCUT2D eigenvalue weighted by atomic mass is 16.3. The molecule has 0 atom stereocenters. The lowest BCUT2D eigenvalue weighted by Crippen LogP contribution is -2.40. The van der Waals surface area contributed by atoms with E-state index in [9.17, 15) is 14.7 Å². The highest BCUT2D eigenvalue weighted by Gasteiger charge is 2.13. The molecule has 0 aliphatic rings. The zero-order valence-corrected chi connectivity index (χ0v) is 10.9. The number of hydrogen-bond donors (Lipinski definition) is 2. The Balaban J connectivity index is 2.94. The molecule has 0 fully saturated rings. The van der Waals surface area contributed by atoms with Crippen molar-refractivity contribution in [3.63, 3.8) is 0 Å². The second kappa shape index (κ2) is 5.97. The largest absolute Gasteiger partial charge is 0.390 e. The van der Waals surface area contributed by atoms with Gasteiger partial charge in [0, 0.05) is 25.4 Å². The van der Waals surface area contributed by atoms with Crippen molar-refractivity contribution in [2.75, 3.05) is 6.54 Å². The third-order valence-electron chi connectivity index (χ3n) is 2.69. The van der Waals surface area contributed by atoms with E-state index < -0.39 is 5.60 Å². The Morgan fingerprint density at radius 2 is 2.00 bits per heavy atom.